The molecule has 1 amide bonds. The van der Waals surface area contributed by atoms with Crippen LogP contribution < -0.4 is 16.4 Å². The minimum atomic E-state index is -0.127. The fraction of sp³-hybridized carbons (Fsp3) is 0.300. The van der Waals surface area contributed by atoms with Gasteiger partial charge in [-0.2, -0.15) is 0 Å². The van der Waals surface area contributed by atoms with Gasteiger partial charge in [0.2, 0.25) is 0 Å². The maximum atomic E-state index is 13.0. The number of likely N-dealkylation sites (tertiary alicyclic amines) is 1. The third-order valence-corrected chi connectivity index (χ3v) is 7.31. The van der Waals surface area contributed by atoms with Gasteiger partial charge in [0.25, 0.3) is 5.91 Å². The molecule has 5 heteroatoms. The quantitative estimate of drug-likeness (QED) is 0.305. The third kappa shape index (κ3) is 5.10. The lowest BCUT2D eigenvalue weighted by atomic mass is 9.86. The van der Waals surface area contributed by atoms with Crippen molar-refractivity contribution in [3.8, 4) is 0 Å². The minimum absolute atomic E-state index is 0.127. The number of anilines is 3. The second-order valence-corrected chi connectivity index (χ2v) is 10.1. The van der Waals surface area contributed by atoms with Crippen LogP contribution in [0.2, 0.25) is 0 Å². The zero-order valence-corrected chi connectivity index (χ0v) is 20.6. The summed E-state index contributed by atoms with van der Waals surface area (Å²) in [6, 6.07) is 24.1. The fourth-order valence-corrected chi connectivity index (χ4v) is 5.19. The number of hydrogen-bond acceptors (Lipinski definition) is 4. The smallest absolute Gasteiger partial charge is 0.258 e. The first-order chi connectivity index (χ1) is 17.0. The lowest BCUT2D eigenvalue weighted by Crippen LogP contribution is -2.34. The van der Waals surface area contributed by atoms with E-state index in [4.69, 9.17) is 5.73 Å². The number of nitrogens with two attached hydrogens (primary N) is 1. The number of rotatable bonds is 6. The zero-order valence-electron chi connectivity index (χ0n) is 20.6. The Bertz CT molecular complexity index is 1220. The van der Waals surface area contributed by atoms with Gasteiger partial charge in [0.15, 0.2) is 0 Å². The highest BCUT2D eigenvalue weighted by Crippen LogP contribution is 2.38. The molecule has 1 saturated heterocycles. The van der Waals surface area contributed by atoms with Crippen LogP contribution in [-0.4, -0.2) is 23.9 Å². The molecule has 4 N–H and O–H groups in total. The predicted octanol–water partition coefficient (Wildman–Crippen LogP) is 6.07. The Kier molecular flexibility index (Phi) is 6.60. The van der Waals surface area contributed by atoms with E-state index in [0.717, 1.165) is 46.6 Å². The molecular formula is C30H34N4O. The maximum absolute atomic E-state index is 13.0. The van der Waals surface area contributed by atoms with E-state index in [1.54, 1.807) is 0 Å². The molecule has 2 heterocycles. The molecule has 0 atom stereocenters. The van der Waals surface area contributed by atoms with Crippen LogP contribution >= 0.6 is 0 Å². The number of nitrogens with zero attached hydrogens (tertiary/aromatic N) is 1. The van der Waals surface area contributed by atoms with Gasteiger partial charge in [-0.3, -0.25) is 9.69 Å². The van der Waals surface area contributed by atoms with Gasteiger partial charge in [0.1, 0.15) is 0 Å². The van der Waals surface area contributed by atoms with Crippen molar-refractivity contribution in [2.24, 2.45) is 11.8 Å². The summed E-state index contributed by atoms with van der Waals surface area (Å²) in [6.07, 6.45) is 2.58. The first-order valence-corrected chi connectivity index (χ1v) is 12.6. The van der Waals surface area contributed by atoms with Crippen molar-refractivity contribution in [2.45, 2.75) is 33.2 Å². The normalized spacial score (nSPS) is 17.9. The molecule has 0 aliphatic carbocycles. The average molecular weight is 467 g/mol. The summed E-state index contributed by atoms with van der Waals surface area (Å²) in [5.41, 5.74) is 12.9. The van der Waals surface area contributed by atoms with Crippen molar-refractivity contribution in [1.82, 2.24) is 4.90 Å². The molecule has 0 spiro atoms. The second-order valence-electron chi connectivity index (χ2n) is 10.1. The molecule has 3 aromatic rings. The van der Waals surface area contributed by atoms with Crippen LogP contribution in [0.3, 0.4) is 0 Å². The lowest BCUT2D eigenvalue weighted by Gasteiger charge is -2.33. The maximum Gasteiger partial charge on any atom is 0.258 e. The number of benzene rings is 3. The summed E-state index contributed by atoms with van der Waals surface area (Å²) in [7, 11) is 0. The van der Waals surface area contributed by atoms with E-state index in [2.05, 4.69) is 53.6 Å². The molecule has 2 aliphatic heterocycles. The SMILES string of the molecule is CC(C)C1CCN(Cc2ccc(N/C(=C3\C(=O)Nc4ccc(N)cc43)c3ccccc3)cc2)CC1. The third-order valence-electron chi connectivity index (χ3n) is 7.31. The van der Waals surface area contributed by atoms with Crippen molar-refractivity contribution >= 4 is 34.2 Å². The molecule has 0 unspecified atom stereocenters. The highest BCUT2D eigenvalue weighted by Gasteiger charge is 2.28. The molecule has 2 aliphatic rings. The fourth-order valence-electron chi connectivity index (χ4n) is 5.19. The number of nitrogens with one attached hydrogen (secondary N) is 2. The zero-order chi connectivity index (χ0) is 24.4. The van der Waals surface area contributed by atoms with Gasteiger partial charge >= 0.3 is 0 Å². The van der Waals surface area contributed by atoms with E-state index in [-0.39, 0.29) is 5.91 Å². The molecule has 0 aromatic heterocycles. The van der Waals surface area contributed by atoms with Gasteiger partial charge in [-0.1, -0.05) is 56.3 Å². The van der Waals surface area contributed by atoms with Gasteiger partial charge in [-0.25, -0.2) is 0 Å². The van der Waals surface area contributed by atoms with Crippen LogP contribution in [0.25, 0.3) is 11.3 Å². The molecule has 0 saturated carbocycles. The Morgan fingerprint density at radius 1 is 1.03 bits per heavy atom. The predicted molar refractivity (Wildman–Crippen MR) is 146 cm³/mol. The number of hydrogen-bond donors (Lipinski definition) is 3. The van der Waals surface area contributed by atoms with E-state index < -0.39 is 0 Å². The molecule has 5 nitrogen and oxygen atoms in total. The molecule has 0 radical (unpaired) electrons. The van der Waals surface area contributed by atoms with Gasteiger partial charge in [-0.15, -0.1) is 0 Å². The van der Waals surface area contributed by atoms with E-state index in [0.29, 0.717) is 11.3 Å². The van der Waals surface area contributed by atoms with E-state index in [1.807, 2.05) is 48.5 Å². The molecule has 5 rings (SSSR count). The van der Waals surface area contributed by atoms with Crippen molar-refractivity contribution in [2.75, 3.05) is 29.5 Å². The molecule has 3 aromatic carbocycles. The summed E-state index contributed by atoms with van der Waals surface area (Å²) in [6.45, 7) is 8.00. The number of carbonyl (C=O) groups is 1. The molecule has 0 bridgehead atoms. The van der Waals surface area contributed by atoms with Gasteiger partial charge in [0, 0.05) is 29.2 Å². The first-order valence-electron chi connectivity index (χ1n) is 12.6. The molecule has 180 valence electrons. The molecule has 1 fully saturated rings. The van der Waals surface area contributed by atoms with Crippen LogP contribution in [0.5, 0.6) is 0 Å². The Morgan fingerprint density at radius 2 is 1.74 bits per heavy atom. The van der Waals surface area contributed by atoms with Crippen LogP contribution in [0.4, 0.5) is 17.1 Å². The number of fused-ring (bicyclic) bond motifs is 1. The number of piperidine rings is 1. The summed E-state index contributed by atoms with van der Waals surface area (Å²) >= 11 is 0. The average Bonchev–Trinajstić information content (AvgIpc) is 3.19. The number of carbonyl (C=O) groups excluding carboxylic acids is 1. The Balaban J connectivity index is 1.39. The van der Waals surface area contributed by atoms with Crippen molar-refractivity contribution in [3.05, 3.63) is 89.5 Å². The highest BCUT2D eigenvalue weighted by molar-refractivity contribution is 6.37. The standard InChI is InChI=1S/C30H34N4O/c1-20(2)22-14-16-34(17-15-22)19-21-8-11-25(12-9-21)32-29(23-6-4-3-5-7-23)28-26-18-24(31)10-13-27(26)33-30(28)35/h3-13,18,20,22,32H,14-17,19,31H2,1-2H3,(H,33,35)/b29-28-. The van der Waals surface area contributed by atoms with Crippen LogP contribution in [0.15, 0.2) is 72.8 Å². The van der Waals surface area contributed by atoms with Crippen LogP contribution in [-0.2, 0) is 11.3 Å². The van der Waals surface area contributed by atoms with Gasteiger partial charge < -0.3 is 16.4 Å². The highest BCUT2D eigenvalue weighted by atomic mass is 16.2. The summed E-state index contributed by atoms with van der Waals surface area (Å²) < 4.78 is 0. The van der Waals surface area contributed by atoms with Gasteiger partial charge in [-0.05, 0) is 79.2 Å². The molecule has 35 heavy (non-hydrogen) atoms. The summed E-state index contributed by atoms with van der Waals surface area (Å²) in [5, 5.41) is 6.52. The van der Waals surface area contributed by atoms with Gasteiger partial charge in [0.05, 0.1) is 11.3 Å². The van der Waals surface area contributed by atoms with Crippen molar-refractivity contribution < 1.29 is 4.79 Å². The van der Waals surface area contributed by atoms with Crippen molar-refractivity contribution in [3.63, 3.8) is 0 Å². The first kappa shape index (κ1) is 23.2. The van der Waals surface area contributed by atoms with Crippen LogP contribution in [0, 0.1) is 11.8 Å². The second kappa shape index (κ2) is 9.96. The Hall–Kier alpha value is -3.57. The van der Waals surface area contributed by atoms with Crippen molar-refractivity contribution in [1.29, 1.82) is 0 Å². The topological polar surface area (TPSA) is 70.4 Å². The number of nitrogen functional groups attached to an aromatic ring is 1. The summed E-state index contributed by atoms with van der Waals surface area (Å²) in [5.74, 6) is 1.51. The molecular weight excluding hydrogens is 432 g/mol. The Labute approximate surface area is 208 Å². The van der Waals surface area contributed by atoms with E-state index in [1.165, 1.54) is 31.5 Å². The minimum Gasteiger partial charge on any atom is -0.399 e. The van der Waals surface area contributed by atoms with Crippen LogP contribution in [0.1, 0.15) is 43.4 Å². The van der Waals surface area contributed by atoms with E-state index >= 15 is 0 Å². The largest absolute Gasteiger partial charge is 0.399 e. The monoisotopic (exact) mass is 466 g/mol. The Morgan fingerprint density at radius 3 is 2.43 bits per heavy atom. The van der Waals surface area contributed by atoms with E-state index in [9.17, 15) is 4.79 Å². The lowest BCUT2D eigenvalue weighted by molar-refractivity contribution is -0.110. The summed E-state index contributed by atoms with van der Waals surface area (Å²) in [4.78, 5) is 15.6. The number of amides is 1.